The van der Waals surface area contributed by atoms with Crippen molar-refractivity contribution in [3.05, 3.63) is 0 Å². The molecule has 0 aromatic rings. The number of rotatable bonds is 73. The molecule has 0 radical (unpaired) electrons. The molecule has 0 saturated heterocycles. The fourth-order valence-corrected chi connectivity index (χ4v) is 12.9. The Hall–Kier alpha value is -1.94. The summed E-state index contributed by atoms with van der Waals surface area (Å²) in [4.78, 5) is 72.8. The molecule has 0 amide bonds. The molecule has 558 valence electrons. The van der Waals surface area contributed by atoms with E-state index < -0.39 is 97.5 Å². The van der Waals surface area contributed by atoms with Crippen LogP contribution in [0.3, 0.4) is 0 Å². The Bertz CT molecular complexity index is 1840. The van der Waals surface area contributed by atoms with Crippen molar-refractivity contribution in [1.29, 1.82) is 0 Å². The van der Waals surface area contributed by atoms with Gasteiger partial charge < -0.3 is 33.8 Å². The zero-order valence-electron chi connectivity index (χ0n) is 61.4. The standard InChI is InChI=1S/C75H146O17P2/c1-8-11-12-13-14-15-16-17-18-19-20-23-30-35-44-51-58-74(79)91-70(62-85-72(77)56-49-42-34-29-24-21-22-27-32-39-46-53-66(4)5)64-89-93(81,82)87-60-69(76)61-88-94(83,84)90-65-71(63-86-73(78)57-50-43-38-37-41-48-55-68(7)10-3)92-75(80)59-52-45-36-31-26-25-28-33-40-47-54-67(6)9-2/h66-71,76H,8-65H2,1-7H3,(H,81,82)(H,83,84)/t67?,68?,69-,70-,71-/m1/s1. The third kappa shape index (κ3) is 66.0. The largest absolute Gasteiger partial charge is 0.472 e. The first kappa shape index (κ1) is 92.1. The van der Waals surface area contributed by atoms with Crippen molar-refractivity contribution in [1.82, 2.24) is 0 Å². The van der Waals surface area contributed by atoms with Crippen LogP contribution in [0.5, 0.6) is 0 Å². The highest BCUT2D eigenvalue weighted by Crippen LogP contribution is 2.45. The Morgan fingerprint density at radius 2 is 0.543 bits per heavy atom. The van der Waals surface area contributed by atoms with E-state index in [1.807, 2.05) is 0 Å². The number of hydrogen-bond donors (Lipinski definition) is 3. The molecule has 0 rings (SSSR count). The second kappa shape index (κ2) is 65.7. The molecule has 0 bridgehead atoms. The van der Waals surface area contributed by atoms with Crippen LogP contribution in [0.4, 0.5) is 0 Å². The zero-order chi connectivity index (χ0) is 69.4. The van der Waals surface area contributed by atoms with Crippen molar-refractivity contribution in [3.8, 4) is 0 Å². The van der Waals surface area contributed by atoms with Crippen LogP contribution in [-0.2, 0) is 65.4 Å². The monoisotopic (exact) mass is 1380 g/mol. The molecule has 0 aliphatic rings. The summed E-state index contributed by atoms with van der Waals surface area (Å²) in [5, 5.41) is 10.6. The lowest BCUT2D eigenvalue weighted by Gasteiger charge is -2.21. The van der Waals surface area contributed by atoms with Gasteiger partial charge >= 0.3 is 39.5 Å². The minimum Gasteiger partial charge on any atom is -0.462 e. The minimum absolute atomic E-state index is 0.105. The summed E-state index contributed by atoms with van der Waals surface area (Å²) in [7, 11) is -9.91. The summed E-state index contributed by atoms with van der Waals surface area (Å²) in [6, 6.07) is 0. The zero-order valence-corrected chi connectivity index (χ0v) is 63.2. The van der Waals surface area contributed by atoms with Crippen LogP contribution in [-0.4, -0.2) is 96.7 Å². The van der Waals surface area contributed by atoms with Crippen LogP contribution < -0.4 is 0 Å². The summed E-state index contributed by atoms with van der Waals surface area (Å²) in [6.45, 7) is 11.9. The van der Waals surface area contributed by atoms with Gasteiger partial charge in [-0.15, -0.1) is 0 Å². The summed E-state index contributed by atoms with van der Waals surface area (Å²) in [6.07, 6.45) is 51.2. The number of phosphoric acid groups is 2. The van der Waals surface area contributed by atoms with Crippen molar-refractivity contribution in [2.75, 3.05) is 39.6 Å². The van der Waals surface area contributed by atoms with Gasteiger partial charge in [0.25, 0.3) is 0 Å². The third-order valence-corrected chi connectivity index (χ3v) is 20.0. The van der Waals surface area contributed by atoms with Gasteiger partial charge in [0.15, 0.2) is 12.2 Å². The Morgan fingerprint density at radius 1 is 0.309 bits per heavy atom. The average Bonchev–Trinajstić information content (AvgIpc) is 1.44. The SMILES string of the molecule is CCCCCCCCCCCCCCCCCCC(=O)O[C@H](COC(=O)CCCCCCCCCCCCCC(C)C)COP(=O)(O)OC[C@@H](O)COP(=O)(O)OC[C@@H](COC(=O)CCCCCCCCC(C)CC)OC(=O)CCCCCCCCCCCCC(C)CC. The molecular formula is C75H146O17P2. The van der Waals surface area contributed by atoms with Crippen LogP contribution in [0.1, 0.15) is 382 Å². The highest BCUT2D eigenvalue weighted by Gasteiger charge is 2.30. The van der Waals surface area contributed by atoms with Gasteiger partial charge in [0.1, 0.15) is 19.3 Å². The van der Waals surface area contributed by atoms with Gasteiger partial charge in [0, 0.05) is 25.7 Å². The Balaban J connectivity index is 5.27. The van der Waals surface area contributed by atoms with Gasteiger partial charge in [-0.1, -0.05) is 331 Å². The number of esters is 4. The summed E-state index contributed by atoms with van der Waals surface area (Å²) >= 11 is 0. The normalized spacial score (nSPS) is 14.7. The lowest BCUT2D eigenvalue weighted by molar-refractivity contribution is -0.161. The number of aliphatic hydroxyl groups is 1. The predicted molar refractivity (Wildman–Crippen MR) is 381 cm³/mol. The van der Waals surface area contributed by atoms with E-state index in [1.54, 1.807) is 0 Å². The second-order valence-electron chi connectivity index (χ2n) is 28.0. The summed E-state index contributed by atoms with van der Waals surface area (Å²) in [5.74, 6) is 0.186. The van der Waals surface area contributed by atoms with Crippen LogP contribution in [0.15, 0.2) is 0 Å². The molecule has 0 aromatic heterocycles. The predicted octanol–water partition coefficient (Wildman–Crippen LogP) is 21.8. The van der Waals surface area contributed by atoms with Gasteiger partial charge in [0.2, 0.25) is 0 Å². The fraction of sp³-hybridized carbons (Fsp3) is 0.947. The topological polar surface area (TPSA) is 237 Å². The number of aliphatic hydroxyl groups excluding tert-OH is 1. The average molecular weight is 1380 g/mol. The fourth-order valence-electron chi connectivity index (χ4n) is 11.4. The lowest BCUT2D eigenvalue weighted by Crippen LogP contribution is -2.30. The van der Waals surface area contributed by atoms with E-state index in [4.69, 9.17) is 37.0 Å². The van der Waals surface area contributed by atoms with E-state index in [0.717, 1.165) is 114 Å². The molecule has 7 atom stereocenters. The molecule has 0 fully saturated rings. The van der Waals surface area contributed by atoms with Gasteiger partial charge in [-0.3, -0.25) is 37.3 Å². The quantitative estimate of drug-likeness (QED) is 0.0222. The molecule has 0 aliphatic heterocycles. The smallest absolute Gasteiger partial charge is 0.462 e. The maximum atomic E-state index is 13.1. The minimum atomic E-state index is -4.96. The number of unbranched alkanes of at least 4 members (excludes halogenated alkanes) is 39. The van der Waals surface area contributed by atoms with Crippen molar-refractivity contribution < 1.29 is 80.2 Å². The number of ether oxygens (including phenoxy) is 4. The molecule has 0 aromatic carbocycles. The Labute approximate surface area is 575 Å². The van der Waals surface area contributed by atoms with Crippen molar-refractivity contribution in [3.63, 3.8) is 0 Å². The van der Waals surface area contributed by atoms with Crippen LogP contribution in [0.25, 0.3) is 0 Å². The first-order valence-electron chi connectivity index (χ1n) is 38.9. The maximum Gasteiger partial charge on any atom is 0.472 e. The van der Waals surface area contributed by atoms with E-state index in [0.29, 0.717) is 25.7 Å². The van der Waals surface area contributed by atoms with E-state index in [2.05, 4.69) is 48.5 Å². The summed E-state index contributed by atoms with van der Waals surface area (Å²) in [5.41, 5.74) is 0. The molecule has 19 heteroatoms. The van der Waals surface area contributed by atoms with E-state index in [-0.39, 0.29) is 25.7 Å². The second-order valence-corrected chi connectivity index (χ2v) is 30.9. The highest BCUT2D eigenvalue weighted by molar-refractivity contribution is 7.47. The van der Waals surface area contributed by atoms with E-state index in [9.17, 15) is 43.2 Å². The molecular weight excluding hydrogens is 1230 g/mol. The maximum absolute atomic E-state index is 13.1. The van der Waals surface area contributed by atoms with Crippen molar-refractivity contribution >= 4 is 39.5 Å². The molecule has 4 unspecified atom stereocenters. The van der Waals surface area contributed by atoms with Crippen LogP contribution in [0.2, 0.25) is 0 Å². The molecule has 94 heavy (non-hydrogen) atoms. The molecule has 0 saturated carbocycles. The lowest BCUT2D eigenvalue weighted by atomic mass is 9.99. The van der Waals surface area contributed by atoms with Crippen molar-refractivity contribution in [2.24, 2.45) is 17.8 Å². The van der Waals surface area contributed by atoms with Crippen molar-refractivity contribution in [2.45, 2.75) is 401 Å². The third-order valence-electron chi connectivity index (χ3n) is 18.1. The Kier molecular flexibility index (Phi) is 64.3. The summed E-state index contributed by atoms with van der Waals surface area (Å²) < 4.78 is 68.5. The first-order chi connectivity index (χ1) is 45.3. The number of phosphoric ester groups is 2. The number of hydrogen-bond acceptors (Lipinski definition) is 15. The number of carbonyl (C=O) groups is 4. The van der Waals surface area contributed by atoms with E-state index >= 15 is 0 Å². The molecule has 17 nitrogen and oxygen atoms in total. The van der Waals surface area contributed by atoms with Gasteiger partial charge in [-0.2, -0.15) is 0 Å². The van der Waals surface area contributed by atoms with Crippen LogP contribution in [0, 0.1) is 17.8 Å². The van der Waals surface area contributed by atoms with Crippen LogP contribution >= 0.6 is 15.6 Å². The van der Waals surface area contributed by atoms with E-state index in [1.165, 1.54) is 186 Å². The number of carbonyl (C=O) groups excluding carboxylic acids is 4. The molecule has 0 spiro atoms. The van der Waals surface area contributed by atoms with Gasteiger partial charge in [0.05, 0.1) is 26.4 Å². The first-order valence-corrected chi connectivity index (χ1v) is 41.9. The highest BCUT2D eigenvalue weighted by atomic mass is 31.2. The molecule has 3 N–H and O–H groups in total. The molecule has 0 heterocycles. The van der Waals surface area contributed by atoms with Gasteiger partial charge in [-0.25, -0.2) is 9.13 Å². The Morgan fingerprint density at radius 3 is 0.809 bits per heavy atom. The van der Waals surface area contributed by atoms with Gasteiger partial charge in [-0.05, 0) is 43.4 Å². The molecule has 0 aliphatic carbocycles.